The molecule has 1 aromatic rings. The first-order chi connectivity index (χ1) is 20.6. The van der Waals surface area contributed by atoms with Gasteiger partial charge in [0.15, 0.2) is 5.96 Å². The summed E-state index contributed by atoms with van der Waals surface area (Å²) >= 11 is 0. The van der Waals surface area contributed by atoms with E-state index in [1.165, 1.54) is 151 Å². The predicted molar refractivity (Wildman–Crippen MR) is 179 cm³/mol. The van der Waals surface area contributed by atoms with Crippen LogP contribution in [0.4, 0.5) is 17.1 Å². The number of likely N-dealkylation sites (tertiary alicyclic amines) is 1. The number of hydrogen-bond acceptors (Lipinski definition) is 7. The number of benzene rings is 1. The molecule has 1 aromatic carbocycles. The average Bonchev–Trinajstić information content (AvgIpc) is 3.02. The fraction of sp³-hybridized carbons (Fsp3) is 0.714. The highest BCUT2D eigenvalue weighted by Gasteiger charge is 2.27. The predicted octanol–water partition coefficient (Wildman–Crippen LogP) is 6.36. The number of nitrogens with one attached hydrogen (secondary N) is 1. The van der Waals surface area contributed by atoms with Crippen LogP contribution in [-0.2, 0) is 6.42 Å². The Morgan fingerprint density at radius 3 is 2.38 bits per heavy atom. The SMILES string of the molecule is CN1CC(CCCCN2CCCCC2)=CN=C1N[C@H]1CC[C@@H](Cc2cc(N3CCCCC3)cc3c2N(C)CC=N3)CC1. The molecule has 1 N–H and O–H groups in total. The van der Waals surface area contributed by atoms with E-state index in [0.29, 0.717) is 6.04 Å². The Balaban J connectivity index is 0.995. The molecule has 0 bridgehead atoms. The third kappa shape index (κ3) is 7.50. The molecule has 4 heterocycles. The number of unbranched alkanes of at least 4 members (excludes halogenated alkanes) is 1. The van der Waals surface area contributed by atoms with Gasteiger partial charge in [-0.2, -0.15) is 0 Å². The van der Waals surface area contributed by atoms with Crippen molar-refractivity contribution in [3.05, 3.63) is 29.5 Å². The molecule has 1 aliphatic carbocycles. The van der Waals surface area contributed by atoms with Crippen molar-refractivity contribution < 1.29 is 0 Å². The number of rotatable bonds is 9. The summed E-state index contributed by atoms with van der Waals surface area (Å²) < 4.78 is 0. The summed E-state index contributed by atoms with van der Waals surface area (Å²) in [4.78, 5) is 19.7. The molecule has 7 nitrogen and oxygen atoms in total. The molecule has 0 aromatic heterocycles. The largest absolute Gasteiger partial charge is 0.371 e. The van der Waals surface area contributed by atoms with E-state index in [4.69, 9.17) is 9.98 Å². The Morgan fingerprint density at radius 1 is 0.857 bits per heavy atom. The van der Waals surface area contributed by atoms with Gasteiger partial charge in [-0.1, -0.05) is 6.42 Å². The summed E-state index contributed by atoms with van der Waals surface area (Å²) in [7, 11) is 4.43. The molecule has 3 fully saturated rings. The third-order valence-corrected chi connectivity index (χ3v) is 10.4. The van der Waals surface area contributed by atoms with E-state index in [1.54, 1.807) is 0 Å². The summed E-state index contributed by atoms with van der Waals surface area (Å²) in [5, 5.41) is 3.82. The van der Waals surface area contributed by atoms with Crippen molar-refractivity contribution in [3.63, 3.8) is 0 Å². The van der Waals surface area contributed by atoms with Crippen LogP contribution in [0.3, 0.4) is 0 Å². The van der Waals surface area contributed by atoms with Gasteiger partial charge in [0.05, 0.1) is 17.9 Å². The van der Waals surface area contributed by atoms with Crippen LogP contribution in [-0.4, -0.2) is 87.9 Å². The van der Waals surface area contributed by atoms with Crippen molar-refractivity contribution in [1.82, 2.24) is 15.1 Å². The van der Waals surface area contributed by atoms with Gasteiger partial charge >= 0.3 is 0 Å². The second-order valence-electron chi connectivity index (χ2n) is 13.7. The number of guanidine groups is 1. The van der Waals surface area contributed by atoms with Crippen LogP contribution in [0.2, 0.25) is 0 Å². The number of aliphatic imine (C=N–C) groups is 2. The molecule has 1 saturated carbocycles. The molecule has 0 spiro atoms. The maximum absolute atomic E-state index is 4.89. The summed E-state index contributed by atoms with van der Waals surface area (Å²) in [6, 6.07) is 5.38. The molecule has 6 rings (SSSR count). The smallest absolute Gasteiger partial charge is 0.198 e. The zero-order valence-electron chi connectivity index (χ0n) is 26.5. The van der Waals surface area contributed by atoms with Gasteiger partial charge in [-0.25, -0.2) is 4.99 Å². The van der Waals surface area contributed by atoms with Gasteiger partial charge in [-0.05, 0) is 132 Å². The van der Waals surface area contributed by atoms with Crippen LogP contribution in [0.15, 0.2) is 33.9 Å². The van der Waals surface area contributed by atoms with Crippen molar-refractivity contribution in [2.24, 2.45) is 15.9 Å². The Morgan fingerprint density at radius 2 is 1.62 bits per heavy atom. The summed E-state index contributed by atoms with van der Waals surface area (Å²) in [6.45, 7) is 8.19. The average molecular weight is 574 g/mol. The lowest BCUT2D eigenvalue weighted by Crippen LogP contribution is -2.47. The van der Waals surface area contributed by atoms with Crippen molar-refractivity contribution in [2.75, 3.05) is 69.7 Å². The molecule has 230 valence electrons. The number of likely N-dealkylation sites (N-methyl/N-ethyl adjacent to an activating group) is 1. The zero-order chi connectivity index (χ0) is 28.7. The highest BCUT2D eigenvalue weighted by Crippen LogP contribution is 2.41. The maximum Gasteiger partial charge on any atom is 0.198 e. The lowest BCUT2D eigenvalue weighted by molar-refractivity contribution is 0.224. The van der Waals surface area contributed by atoms with Gasteiger partial charge in [-0.3, -0.25) is 4.99 Å². The second kappa shape index (κ2) is 14.3. The highest BCUT2D eigenvalue weighted by atomic mass is 15.3. The minimum absolute atomic E-state index is 0.530. The van der Waals surface area contributed by atoms with Gasteiger partial charge in [0, 0.05) is 57.9 Å². The summed E-state index contributed by atoms with van der Waals surface area (Å²) in [5.74, 6) is 1.81. The van der Waals surface area contributed by atoms with Crippen LogP contribution < -0.4 is 15.1 Å². The van der Waals surface area contributed by atoms with Crippen molar-refractivity contribution in [3.8, 4) is 0 Å². The standard InChI is InChI=1S/C35H55N7/c1-39-22-16-36-33-25-32(42-20-8-4-9-21-42)24-30(34(33)39)23-28-12-14-31(15-13-28)38-35-37-26-29(27-40(35)2)11-5-10-19-41-17-6-3-7-18-41/h16,24-26,28,31H,3-15,17-23,27H2,1-2H3,(H,37,38)/t28-,31+. The number of piperidine rings is 2. The van der Waals surface area contributed by atoms with E-state index in [-0.39, 0.29) is 0 Å². The lowest BCUT2D eigenvalue weighted by atomic mass is 9.81. The molecule has 2 saturated heterocycles. The summed E-state index contributed by atoms with van der Waals surface area (Å²) in [5.41, 5.74) is 6.92. The first-order valence-corrected chi connectivity index (χ1v) is 17.2. The van der Waals surface area contributed by atoms with Crippen LogP contribution in [0.5, 0.6) is 0 Å². The van der Waals surface area contributed by atoms with Crippen LogP contribution in [0.25, 0.3) is 0 Å². The quantitative estimate of drug-likeness (QED) is 0.349. The Kier molecular flexibility index (Phi) is 10.0. The Hall–Kier alpha value is -2.54. The molecule has 0 radical (unpaired) electrons. The fourth-order valence-corrected chi connectivity index (χ4v) is 7.88. The van der Waals surface area contributed by atoms with Crippen molar-refractivity contribution in [1.29, 1.82) is 0 Å². The van der Waals surface area contributed by atoms with E-state index >= 15 is 0 Å². The molecule has 5 aliphatic rings. The second-order valence-corrected chi connectivity index (χ2v) is 13.7. The third-order valence-electron chi connectivity index (χ3n) is 10.4. The van der Waals surface area contributed by atoms with Gasteiger partial charge in [0.25, 0.3) is 0 Å². The van der Waals surface area contributed by atoms with Crippen molar-refractivity contribution >= 4 is 29.2 Å². The Bertz CT molecular complexity index is 1120. The van der Waals surface area contributed by atoms with E-state index in [9.17, 15) is 0 Å². The molecular weight excluding hydrogens is 518 g/mol. The number of anilines is 2. The first-order valence-electron chi connectivity index (χ1n) is 17.2. The van der Waals surface area contributed by atoms with Crippen LogP contribution in [0.1, 0.15) is 89.0 Å². The number of nitrogens with zero attached hydrogens (tertiary/aromatic N) is 6. The minimum atomic E-state index is 0.530. The van der Waals surface area contributed by atoms with Gasteiger partial charge in [-0.15, -0.1) is 0 Å². The molecule has 0 unspecified atom stereocenters. The van der Waals surface area contributed by atoms with Crippen molar-refractivity contribution in [2.45, 2.75) is 95.9 Å². The Labute approximate surface area is 255 Å². The first kappa shape index (κ1) is 29.5. The van der Waals surface area contributed by atoms with Crippen LogP contribution in [0, 0.1) is 5.92 Å². The maximum atomic E-state index is 4.89. The summed E-state index contributed by atoms with van der Waals surface area (Å²) in [6.07, 6.45) is 22.4. The molecular formula is C35H55N7. The fourth-order valence-electron chi connectivity index (χ4n) is 7.88. The number of fused-ring (bicyclic) bond motifs is 1. The zero-order valence-corrected chi connectivity index (χ0v) is 26.5. The van der Waals surface area contributed by atoms with E-state index in [0.717, 1.165) is 25.0 Å². The van der Waals surface area contributed by atoms with E-state index in [2.05, 4.69) is 63.6 Å². The van der Waals surface area contributed by atoms with Gasteiger partial charge < -0.3 is 24.9 Å². The van der Waals surface area contributed by atoms with Crippen LogP contribution >= 0.6 is 0 Å². The lowest BCUT2D eigenvalue weighted by Gasteiger charge is -2.35. The molecule has 4 aliphatic heterocycles. The highest BCUT2D eigenvalue weighted by molar-refractivity contribution is 5.86. The molecule has 7 heteroatoms. The van der Waals surface area contributed by atoms with E-state index < -0.39 is 0 Å². The molecule has 42 heavy (non-hydrogen) atoms. The minimum Gasteiger partial charge on any atom is -0.371 e. The molecule has 0 amide bonds. The molecule has 0 atom stereocenters. The normalized spacial score (nSPS) is 25.2. The van der Waals surface area contributed by atoms with E-state index in [1.807, 2.05) is 0 Å². The van der Waals surface area contributed by atoms with Gasteiger partial charge in [0.1, 0.15) is 0 Å². The number of hydrogen-bond donors (Lipinski definition) is 1. The topological polar surface area (TPSA) is 49.7 Å². The van der Waals surface area contributed by atoms with Gasteiger partial charge in [0.2, 0.25) is 0 Å². The monoisotopic (exact) mass is 573 g/mol.